The predicted octanol–water partition coefficient (Wildman–Crippen LogP) is 2.63. The molecule has 2 aliphatic rings. The standard InChI is InChI=1S/C11H12BrN/c12-10-2-1-8-6-11(3-4-11)13-7-9(8)5-10/h1-2,5,13H,3-4,6-7H2. The van der Waals surface area contributed by atoms with Gasteiger partial charge in [-0.05, 0) is 42.5 Å². The number of rotatable bonds is 0. The van der Waals surface area contributed by atoms with Crippen molar-refractivity contribution in [3.05, 3.63) is 33.8 Å². The number of hydrogen-bond acceptors (Lipinski definition) is 1. The van der Waals surface area contributed by atoms with Crippen LogP contribution < -0.4 is 5.32 Å². The van der Waals surface area contributed by atoms with Crippen molar-refractivity contribution >= 4 is 15.9 Å². The number of fused-ring (bicyclic) bond motifs is 1. The summed E-state index contributed by atoms with van der Waals surface area (Å²) in [6, 6.07) is 6.65. The number of hydrogen-bond donors (Lipinski definition) is 1. The molecule has 0 aromatic heterocycles. The van der Waals surface area contributed by atoms with E-state index in [1.165, 1.54) is 29.3 Å². The molecule has 13 heavy (non-hydrogen) atoms. The third-order valence-corrected chi connectivity index (χ3v) is 3.70. The van der Waals surface area contributed by atoms with Gasteiger partial charge in [0.05, 0.1) is 0 Å². The van der Waals surface area contributed by atoms with Crippen molar-refractivity contribution in [3.8, 4) is 0 Å². The molecule has 1 fully saturated rings. The van der Waals surface area contributed by atoms with Gasteiger partial charge in [0.1, 0.15) is 0 Å². The topological polar surface area (TPSA) is 12.0 Å². The Morgan fingerprint density at radius 2 is 2.08 bits per heavy atom. The Morgan fingerprint density at radius 3 is 2.85 bits per heavy atom. The van der Waals surface area contributed by atoms with Crippen molar-refractivity contribution in [2.75, 3.05) is 0 Å². The maximum absolute atomic E-state index is 3.63. The van der Waals surface area contributed by atoms with Crippen LogP contribution in [0, 0.1) is 0 Å². The number of halogens is 1. The zero-order chi connectivity index (χ0) is 8.89. The summed E-state index contributed by atoms with van der Waals surface area (Å²) >= 11 is 3.51. The SMILES string of the molecule is Brc1ccc2c(c1)CNC1(CC1)C2. The molecule has 1 nitrogen and oxygen atoms in total. The molecular weight excluding hydrogens is 226 g/mol. The van der Waals surface area contributed by atoms with Gasteiger partial charge in [-0.2, -0.15) is 0 Å². The van der Waals surface area contributed by atoms with Crippen molar-refractivity contribution in [2.45, 2.75) is 31.3 Å². The largest absolute Gasteiger partial charge is 0.307 e. The lowest BCUT2D eigenvalue weighted by atomic mass is 9.94. The fraction of sp³-hybridized carbons (Fsp3) is 0.455. The van der Waals surface area contributed by atoms with Crippen molar-refractivity contribution in [3.63, 3.8) is 0 Å². The van der Waals surface area contributed by atoms with Crippen molar-refractivity contribution in [2.24, 2.45) is 0 Å². The van der Waals surface area contributed by atoms with E-state index >= 15 is 0 Å². The molecule has 3 rings (SSSR count). The minimum Gasteiger partial charge on any atom is -0.307 e. The fourth-order valence-electron chi connectivity index (χ4n) is 2.15. The first-order valence-electron chi connectivity index (χ1n) is 4.80. The second kappa shape index (κ2) is 2.58. The van der Waals surface area contributed by atoms with E-state index in [1.54, 1.807) is 5.56 Å². The summed E-state index contributed by atoms with van der Waals surface area (Å²) in [5, 5.41) is 3.63. The van der Waals surface area contributed by atoms with Crippen LogP contribution in [0.2, 0.25) is 0 Å². The fourth-order valence-corrected chi connectivity index (χ4v) is 2.55. The van der Waals surface area contributed by atoms with Crippen LogP contribution in [0.25, 0.3) is 0 Å². The second-order valence-electron chi connectivity index (χ2n) is 4.22. The van der Waals surface area contributed by atoms with Gasteiger partial charge >= 0.3 is 0 Å². The number of benzene rings is 1. The lowest BCUT2D eigenvalue weighted by Gasteiger charge is -2.25. The van der Waals surface area contributed by atoms with Gasteiger partial charge in [0, 0.05) is 16.6 Å². The Hall–Kier alpha value is -0.340. The summed E-state index contributed by atoms with van der Waals surface area (Å²) in [6.45, 7) is 1.05. The van der Waals surface area contributed by atoms with Crippen LogP contribution in [0.5, 0.6) is 0 Å². The molecule has 1 saturated carbocycles. The van der Waals surface area contributed by atoms with Crippen LogP contribution in [0.15, 0.2) is 22.7 Å². The second-order valence-corrected chi connectivity index (χ2v) is 5.14. The van der Waals surface area contributed by atoms with E-state index in [1.807, 2.05) is 0 Å². The minimum atomic E-state index is 0.501. The average Bonchev–Trinajstić information content (AvgIpc) is 2.87. The van der Waals surface area contributed by atoms with E-state index in [0.29, 0.717) is 5.54 Å². The summed E-state index contributed by atoms with van der Waals surface area (Å²) in [5.41, 5.74) is 3.51. The van der Waals surface area contributed by atoms with Crippen molar-refractivity contribution in [1.29, 1.82) is 0 Å². The van der Waals surface area contributed by atoms with E-state index in [9.17, 15) is 0 Å². The Morgan fingerprint density at radius 1 is 1.23 bits per heavy atom. The van der Waals surface area contributed by atoms with Crippen molar-refractivity contribution in [1.82, 2.24) is 5.32 Å². The first-order chi connectivity index (χ1) is 6.27. The van der Waals surface area contributed by atoms with Gasteiger partial charge in [-0.3, -0.25) is 0 Å². The maximum atomic E-state index is 3.63. The zero-order valence-electron chi connectivity index (χ0n) is 7.44. The molecule has 0 bridgehead atoms. The van der Waals surface area contributed by atoms with Gasteiger partial charge in [-0.1, -0.05) is 22.0 Å². The summed E-state index contributed by atoms with van der Waals surface area (Å²) in [7, 11) is 0. The molecule has 1 aliphatic carbocycles. The van der Waals surface area contributed by atoms with Crippen LogP contribution in [-0.4, -0.2) is 5.54 Å². The minimum absolute atomic E-state index is 0.501. The molecule has 1 aliphatic heterocycles. The smallest absolute Gasteiger partial charge is 0.0226 e. The molecule has 0 saturated heterocycles. The average molecular weight is 238 g/mol. The van der Waals surface area contributed by atoms with Crippen LogP contribution in [-0.2, 0) is 13.0 Å². The van der Waals surface area contributed by atoms with E-state index in [2.05, 4.69) is 39.4 Å². The van der Waals surface area contributed by atoms with Gasteiger partial charge in [0.2, 0.25) is 0 Å². The molecule has 1 aromatic carbocycles. The van der Waals surface area contributed by atoms with E-state index in [0.717, 1.165) is 6.54 Å². The van der Waals surface area contributed by atoms with E-state index in [4.69, 9.17) is 0 Å². The lowest BCUT2D eigenvalue weighted by Crippen LogP contribution is -2.37. The van der Waals surface area contributed by atoms with Gasteiger partial charge in [-0.25, -0.2) is 0 Å². The molecule has 2 heteroatoms. The van der Waals surface area contributed by atoms with Gasteiger partial charge < -0.3 is 5.32 Å². The third kappa shape index (κ3) is 1.32. The monoisotopic (exact) mass is 237 g/mol. The van der Waals surface area contributed by atoms with E-state index < -0.39 is 0 Å². The summed E-state index contributed by atoms with van der Waals surface area (Å²) in [4.78, 5) is 0. The highest BCUT2D eigenvalue weighted by Gasteiger charge is 2.44. The summed E-state index contributed by atoms with van der Waals surface area (Å²) in [5.74, 6) is 0. The summed E-state index contributed by atoms with van der Waals surface area (Å²) in [6.07, 6.45) is 3.96. The first kappa shape index (κ1) is 8.01. The highest BCUT2D eigenvalue weighted by molar-refractivity contribution is 9.10. The van der Waals surface area contributed by atoms with Crippen LogP contribution >= 0.6 is 15.9 Å². The first-order valence-corrected chi connectivity index (χ1v) is 5.59. The van der Waals surface area contributed by atoms with E-state index in [-0.39, 0.29) is 0 Å². The number of nitrogens with one attached hydrogen (secondary N) is 1. The highest BCUT2D eigenvalue weighted by atomic mass is 79.9. The molecule has 1 spiro atoms. The van der Waals surface area contributed by atoms with Gasteiger partial charge in [-0.15, -0.1) is 0 Å². The summed E-state index contributed by atoms with van der Waals surface area (Å²) < 4.78 is 1.19. The lowest BCUT2D eigenvalue weighted by molar-refractivity contribution is 0.464. The zero-order valence-corrected chi connectivity index (χ0v) is 9.02. The molecule has 0 radical (unpaired) electrons. The molecule has 0 atom stereocenters. The van der Waals surface area contributed by atoms with Crippen LogP contribution in [0.3, 0.4) is 0 Å². The maximum Gasteiger partial charge on any atom is 0.0226 e. The van der Waals surface area contributed by atoms with Crippen LogP contribution in [0.4, 0.5) is 0 Å². The van der Waals surface area contributed by atoms with Crippen LogP contribution in [0.1, 0.15) is 24.0 Å². The highest BCUT2D eigenvalue weighted by Crippen LogP contribution is 2.42. The Kier molecular flexibility index (Phi) is 1.59. The van der Waals surface area contributed by atoms with Gasteiger partial charge in [0.15, 0.2) is 0 Å². The third-order valence-electron chi connectivity index (χ3n) is 3.20. The van der Waals surface area contributed by atoms with Crippen molar-refractivity contribution < 1.29 is 0 Å². The molecule has 68 valence electrons. The molecular formula is C11H12BrN. The Labute approximate surface area is 86.7 Å². The Bertz CT molecular complexity index is 355. The molecule has 0 amide bonds. The molecule has 0 unspecified atom stereocenters. The Balaban J connectivity index is 2.00. The quantitative estimate of drug-likeness (QED) is 0.732. The molecule has 1 N–H and O–H groups in total. The predicted molar refractivity (Wildman–Crippen MR) is 56.7 cm³/mol. The molecule has 1 heterocycles. The normalized spacial score (nSPS) is 22.8. The van der Waals surface area contributed by atoms with Gasteiger partial charge in [0.25, 0.3) is 0 Å². The molecule has 1 aromatic rings.